The molecule has 1 aromatic carbocycles. The first-order chi connectivity index (χ1) is 10.0. The number of benzene rings is 1. The van der Waals surface area contributed by atoms with E-state index in [0.717, 1.165) is 18.4 Å². The van der Waals surface area contributed by atoms with Crippen LogP contribution < -0.4 is 5.32 Å². The summed E-state index contributed by atoms with van der Waals surface area (Å²) in [7, 11) is -2.05. The van der Waals surface area contributed by atoms with Crippen LogP contribution in [0.4, 0.5) is 4.39 Å². The summed E-state index contributed by atoms with van der Waals surface area (Å²) < 4.78 is 46.4. The van der Waals surface area contributed by atoms with Gasteiger partial charge in [0, 0.05) is 19.6 Å². The molecule has 2 unspecified atom stereocenters. The van der Waals surface area contributed by atoms with Gasteiger partial charge in [-0.3, -0.25) is 0 Å². The quantitative estimate of drug-likeness (QED) is 0.904. The monoisotopic (exact) mass is 314 g/mol. The Hall–Kier alpha value is -1.02. The summed E-state index contributed by atoms with van der Waals surface area (Å²) in [6.07, 6.45) is 1.64. The molecule has 5 nitrogen and oxygen atoms in total. The minimum atomic E-state index is -3.81. The molecule has 0 radical (unpaired) electrons. The van der Waals surface area contributed by atoms with E-state index in [4.69, 9.17) is 4.74 Å². The van der Waals surface area contributed by atoms with Gasteiger partial charge in [0.25, 0.3) is 0 Å². The van der Waals surface area contributed by atoms with Crippen LogP contribution in [0.15, 0.2) is 23.1 Å². The zero-order valence-corrected chi connectivity index (χ0v) is 12.7. The summed E-state index contributed by atoms with van der Waals surface area (Å²) in [5.74, 6) is -0.700. The van der Waals surface area contributed by atoms with E-state index in [1.807, 2.05) is 0 Å². The number of nitrogens with one attached hydrogen (secondary N) is 1. The van der Waals surface area contributed by atoms with E-state index >= 15 is 0 Å². The van der Waals surface area contributed by atoms with Gasteiger partial charge in [-0.05, 0) is 37.6 Å². The number of rotatable bonds is 4. The van der Waals surface area contributed by atoms with Crippen molar-refractivity contribution >= 4 is 10.0 Å². The van der Waals surface area contributed by atoms with Crippen molar-refractivity contribution in [2.75, 3.05) is 20.1 Å². The van der Waals surface area contributed by atoms with Crippen LogP contribution in [0.5, 0.6) is 0 Å². The molecule has 2 atom stereocenters. The number of hydrogen-bond donors (Lipinski definition) is 1. The Balaban J connectivity index is 1.92. The fourth-order valence-electron chi connectivity index (χ4n) is 2.97. The first-order valence-electron chi connectivity index (χ1n) is 7.09. The molecule has 7 heteroatoms. The van der Waals surface area contributed by atoms with Crippen LogP contribution in [0.1, 0.15) is 18.4 Å². The molecule has 116 valence electrons. The first kappa shape index (κ1) is 14.9. The highest BCUT2D eigenvalue weighted by atomic mass is 32.2. The van der Waals surface area contributed by atoms with Gasteiger partial charge in [0.15, 0.2) is 0 Å². The van der Waals surface area contributed by atoms with Crippen molar-refractivity contribution in [2.24, 2.45) is 0 Å². The van der Waals surface area contributed by atoms with Gasteiger partial charge in [0.05, 0.1) is 12.2 Å². The molecule has 21 heavy (non-hydrogen) atoms. The maximum atomic E-state index is 14.0. The normalized spacial score (nSPS) is 26.2. The Labute approximate surface area is 124 Å². The zero-order chi connectivity index (χ0) is 15.0. The number of nitrogens with zero attached hydrogens (tertiary/aromatic N) is 1. The molecule has 2 fully saturated rings. The minimum absolute atomic E-state index is 0.0536. The molecule has 2 saturated heterocycles. The fourth-order valence-corrected chi connectivity index (χ4v) is 4.59. The van der Waals surface area contributed by atoms with Gasteiger partial charge in [0.2, 0.25) is 10.0 Å². The van der Waals surface area contributed by atoms with Crippen LogP contribution in [0.3, 0.4) is 0 Å². The van der Waals surface area contributed by atoms with Crippen LogP contribution in [0, 0.1) is 5.82 Å². The molecular weight excluding hydrogens is 295 g/mol. The van der Waals surface area contributed by atoms with Crippen molar-refractivity contribution in [1.82, 2.24) is 9.62 Å². The number of fused-ring (bicyclic) bond motifs is 2. The first-order valence-corrected chi connectivity index (χ1v) is 8.53. The van der Waals surface area contributed by atoms with Crippen molar-refractivity contribution < 1.29 is 17.5 Å². The van der Waals surface area contributed by atoms with Gasteiger partial charge in [0.1, 0.15) is 10.7 Å². The molecule has 3 rings (SSSR count). The Morgan fingerprint density at radius 1 is 1.33 bits per heavy atom. The predicted octanol–water partition coefficient (Wildman–Crippen LogP) is 1.10. The van der Waals surface area contributed by atoms with Gasteiger partial charge < -0.3 is 10.1 Å². The summed E-state index contributed by atoms with van der Waals surface area (Å²) in [5.41, 5.74) is 0.744. The summed E-state index contributed by atoms with van der Waals surface area (Å²) in [4.78, 5) is -0.239. The van der Waals surface area contributed by atoms with E-state index in [-0.39, 0.29) is 17.1 Å². The molecular formula is C14H19FN2O3S. The number of halogens is 1. The SMILES string of the molecule is CNCc1ccc(F)c(S(=O)(=O)N2CC3CCC(C2)O3)c1. The molecule has 0 aliphatic carbocycles. The molecule has 1 aromatic rings. The van der Waals surface area contributed by atoms with Crippen LogP contribution in [0.2, 0.25) is 0 Å². The van der Waals surface area contributed by atoms with Crippen LogP contribution in [0.25, 0.3) is 0 Å². The average molecular weight is 314 g/mol. The fraction of sp³-hybridized carbons (Fsp3) is 0.571. The highest BCUT2D eigenvalue weighted by Gasteiger charge is 2.40. The Morgan fingerprint density at radius 3 is 2.62 bits per heavy atom. The van der Waals surface area contributed by atoms with E-state index < -0.39 is 15.8 Å². The van der Waals surface area contributed by atoms with Crippen molar-refractivity contribution in [1.29, 1.82) is 0 Å². The molecule has 2 aliphatic rings. The van der Waals surface area contributed by atoms with Crippen molar-refractivity contribution in [3.05, 3.63) is 29.6 Å². The maximum Gasteiger partial charge on any atom is 0.246 e. The summed E-state index contributed by atoms with van der Waals surface area (Å²) in [6.45, 7) is 1.13. The number of hydrogen-bond acceptors (Lipinski definition) is 4. The molecule has 1 N–H and O–H groups in total. The van der Waals surface area contributed by atoms with Crippen LogP contribution in [-0.4, -0.2) is 45.1 Å². The largest absolute Gasteiger partial charge is 0.372 e. The summed E-state index contributed by atoms with van der Waals surface area (Å²) >= 11 is 0. The molecule has 2 aliphatic heterocycles. The van der Waals surface area contributed by atoms with Crippen LogP contribution in [-0.2, 0) is 21.3 Å². The van der Waals surface area contributed by atoms with E-state index in [2.05, 4.69) is 5.32 Å². The lowest BCUT2D eigenvalue weighted by Crippen LogP contribution is -2.45. The molecule has 0 saturated carbocycles. The highest BCUT2D eigenvalue weighted by molar-refractivity contribution is 7.89. The maximum absolute atomic E-state index is 14.0. The van der Waals surface area contributed by atoms with Gasteiger partial charge in [-0.1, -0.05) is 6.07 Å². The Bertz CT molecular complexity index is 623. The smallest absolute Gasteiger partial charge is 0.246 e. The number of morpholine rings is 1. The zero-order valence-electron chi connectivity index (χ0n) is 11.9. The molecule has 0 spiro atoms. The molecule has 0 amide bonds. The van der Waals surface area contributed by atoms with Crippen molar-refractivity contribution in [3.63, 3.8) is 0 Å². The van der Waals surface area contributed by atoms with E-state index in [1.165, 1.54) is 16.4 Å². The lowest BCUT2D eigenvalue weighted by Gasteiger charge is -2.31. The summed E-state index contributed by atoms with van der Waals surface area (Å²) in [5, 5.41) is 2.93. The molecule has 0 aromatic heterocycles. The summed E-state index contributed by atoms with van der Waals surface area (Å²) in [6, 6.07) is 4.22. The topological polar surface area (TPSA) is 58.6 Å². The third-order valence-electron chi connectivity index (χ3n) is 4.00. The second-order valence-electron chi connectivity index (χ2n) is 5.57. The lowest BCUT2D eigenvalue weighted by atomic mass is 10.2. The third-order valence-corrected chi connectivity index (χ3v) is 5.85. The second-order valence-corrected chi connectivity index (χ2v) is 7.48. The minimum Gasteiger partial charge on any atom is -0.372 e. The second kappa shape index (κ2) is 5.64. The van der Waals surface area contributed by atoms with Gasteiger partial charge in [-0.2, -0.15) is 4.31 Å². The Kier molecular flexibility index (Phi) is 4.00. The predicted molar refractivity (Wildman–Crippen MR) is 75.8 cm³/mol. The standard InChI is InChI=1S/C14H19FN2O3S/c1-16-7-10-2-5-13(15)14(6-10)21(18,19)17-8-11-3-4-12(9-17)20-11/h2,5-6,11-12,16H,3-4,7-9H2,1H3. The van der Waals surface area contributed by atoms with Crippen LogP contribution >= 0.6 is 0 Å². The molecule has 2 heterocycles. The highest BCUT2D eigenvalue weighted by Crippen LogP contribution is 2.30. The van der Waals surface area contributed by atoms with Crippen molar-refractivity contribution in [2.45, 2.75) is 36.5 Å². The average Bonchev–Trinajstić information content (AvgIpc) is 2.79. The van der Waals surface area contributed by atoms with E-state index in [0.29, 0.717) is 19.6 Å². The van der Waals surface area contributed by atoms with Gasteiger partial charge in [-0.25, -0.2) is 12.8 Å². The van der Waals surface area contributed by atoms with Crippen molar-refractivity contribution in [3.8, 4) is 0 Å². The number of ether oxygens (including phenoxy) is 1. The lowest BCUT2D eigenvalue weighted by molar-refractivity contribution is -0.0115. The molecule has 2 bridgehead atoms. The van der Waals surface area contributed by atoms with Gasteiger partial charge >= 0.3 is 0 Å². The Morgan fingerprint density at radius 2 is 2.00 bits per heavy atom. The van der Waals surface area contributed by atoms with E-state index in [9.17, 15) is 12.8 Å². The van der Waals surface area contributed by atoms with E-state index in [1.54, 1.807) is 13.1 Å². The third kappa shape index (κ3) is 2.83. The van der Waals surface area contributed by atoms with Gasteiger partial charge in [-0.15, -0.1) is 0 Å². The number of sulfonamides is 1.